The van der Waals surface area contributed by atoms with Crippen LogP contribution in [0, 0.1) is 19.8 Å². The minimum atomic E-state index is 0.772. The fraction of sp³-hybridized carbons (Fsp3) is 0.739. The summed E-state index contributed by atoms with van der Waals surface area (Å²) in [4.78, 5) is 5.67. The van der Waals surface area contributed by atoms with Gasteiger partial charge in [0.25, 0.3) is 0 Å². The molecule has 1 aliphatic carbocycles. The van der Waals surface area contributed by atoms with Gasteiger partial charge in [-0.05, 0) is 74.8 Å². The lowest BCUT2D eigenvalue weighted by Gasteiger charge is -2.49. The highest BCUT2D eigenvalue weighted by molar-refractivity contribution is 5.41. The average molecular weight is 357 g/mol. The molecule has 4 rings (SSSR count). The molecule has 2 aliphatic heterocycles. The molecular weight excluding hydrogens is 320 g/mol. The molecule has 1 saturated carbocycles. The molecule has 0 unspecified atom stereocenters. The fourth-order valence-corrected chi connectivity index (χ4v) is 5.90. The van der Waals surface area contributed by atoms with Gasteiger partial charge in [-0.1, -0.05) is 25.3 Å². The van der Waals surface area contributed by atoms with Crippen LogP contribution in [0.15, 0.2) is 12.1 Å². The zero-order valence-electron chi connectivity index (χ0n) is 17.0. The van der Waals surface area contributed by atoms with Crippen LogP contribution in [0.4, 0.5) is 0 Å². The molecule has 1 aromatic carbocycles. The standard InChI is InChI=1S/C23H36N2O/c1-17-15-22(26-3)18(2)14-20(17)16-25-13-12-24-11-7-10-21(24)23(25)19-8-5-4-6-9-19/h14-15,19,21,23H,4-13,16H2,1-3H3/t21-,23-/m1/s1. The SMILES string of the molecule is COc1cc(C)c(CN2CCN3CCC[C@@H]3[C@H]2C2CCCCC2)cc1C. The zero-order chi connectivity index (χ0) is 18.1. The number of hydrogen-bond acceptors (Lipinski definition) is 3. The maximum Gasteiger partial charge on any atom is 0.122 e. The summed E-state index contributed by atoms with van der Waals surface area (Å²) in [6.45, 7) is 9.38. The Balaban J connectivity index is 1.58. The first-order valence-electron chi connectivity index (χ1n) is 10.8. The monoisotopic (exact) mass is 356 g/mol. The quantitative estimate of drug-likeness (QED) is 0.788. The summed E-state index contributed by atoms with van der Waals surface area (Å²) in [7, 11) is 1.78. The minimum absolute atomic E-state index is 0.772. The van der Waals surface area contributed by atoms with Crippen LogP contribution in [-0.2, 0) is 6.54 Å². The Morgan fingerprint density at radius 1 is 0.923 bits per heavy atom. The molecule has 144 valence electrons. The van der Waals surface area contributed by atoms with Gasteiger partial charge in [0.1, 0.15) is 5.75 Å². The summed E-state index contributed by atoms with van der Waals surface area (Å²) >= 11 is 0. The van der Waals surface area contributed by atoms with Gasteiger partial charge >= 0.3 is 0 Å². The minimum Gasteiger partial charge on any atom is -0.496 e. The van der Waals surface area contributed by atoms with E-state index in [0.29, 0.717) is 0 Å². The van der Waals surface area contributed by atoms with Gasteiger partial charge in [0.05, 0.1) is 7.11 Å². The molecule has 2 heterocycles. The molecule has 3 fully saturated rings. The molecule has 3 aliphatic rings. The van der Waals surface area contributed by atoms with Gasteiger partial charge in [-0.15, -0.1) is 0 Å². The highest BCUT2D eigenvalue weighted by atomic mass is 16.5. The Kier molecular flexibility index (Phi) is 5.56. The van der Waals surface area contributed by atoms with Crippen molar-refractivity contribution < 1.29 is 4.74 Å². The van der Waals surface area contributed by atoms with Gasteiger partial charge in [0.2, 0.25) is 0 Å². The van der Waals surface area contributed by atoms with Crippen molar-refractivity contribution in [3.05, 3.63) is 28.8 Å². The number of hydrogen-bond donors (Lipinski definition) is 0. The number of benzene rings is 1. The van der Waals surface area contributed by atoms with E-state index in [9.17, 15) is 0 Å². The third-order valence-corrected chi connectivity index (χ3v) is 7.26. The summed E-state index contributed by atoms with van der Waals surface area (Å²) in [5, 5.41) is 0. The van der Waals surface area contributed by atoms with Crippen molar-refractivity contribution in [3.63, 3.8) is 0 Å². The summed E-state index contributed by atoms with van der Waals surface area (Å²) in [5.74, 6) is 1.94. The first-order chi connectivity index (χ1) is 12.7. The maximum atomic E-state index is 5.52. The topological polar surface area (TPSA) is 15.7 Å². The van der Waals surface area contributed by atoms with Gasteiger partial charge in [-0.3, -0.25) is 9.80 Å². The molecule has 1 aromatic rings. The molecule has 0 amide bonds. The van der Waals surface area contributed by atoms with Gasteiger partial charge in [0.15, 0.2) is 0 Å². The molecule has 3 heteroatoms. The van der Waals surface area contributed by atoms with E-state index in [1.54, 1.807) is 7.11 Å². The van der Waals surface area contributed by atoms with Gasteiger partial charge in [0, 0.05) is 31.7 Å². The second-order valence-electron chi connectivity index (χ2n) is 8.85. The van der Waals surface area contributed by atoms with Crippen molar-refractivity contribution in [1.29, 1.82) is 0 Å². The smallest absolute Gasteiger partial charge is 0.122 e. The normalized spacial score (nSPS) is 28.3. The van der Waals surface area contributed by atoms with Crippen molar-refractivity contribution in [3.8, 4) is 5.75 Å². The Morgan fingerprint density at radius 3 is 2.50 bits per heavy atom. The van der Waals surface area contributed by atoms with E-state index < -0.39 is 0 Å². The van der Waals surface area contributed by atoms with Crippen LogP contribution in [0.3, 0.4) is 0 Å². The predicted molar refractivity (Wildman–Crippen MR) is 108 cm³/mol. The number of nitrogens with zero attached hydrogens (tertiary/aromatic N) is 2. The first-order valence-corrected chi connectivity index (χ1v) is 10.8. The van der Waals surface area contributed by atoms with Crippen molar-refractivity contribution >= 4 is 0 Å². The highest BCUT2D eigenvalue weighted by Gasteiger charge is 2.42. The molecule has 0 spiro atoms. The van der Waals surface area contributed by atoms with Crippen LogP contribution >= 0.6 is 0 Å². The second-order valence-corrected chi connectivity index (χ2v) is 8.85. The zero-order valence-corrected chi connectivity index (χ0v) is 17.0. The van der Waals surface area contributed by atoms with E-state index in [0.717, 1.165) is 30.3 Å². The van der Waals surface area contributed by atoms with E-state index in [1.165, 1.54) is 81.3 Å². The fourth-order valence-electron chi connectivity index (χ4n) is 5.90. The van der Waals surface area contributed by atoms with E-state index in [1.807, 2.05) is 0 Å². The van der Waals surface area contributed by atoms with Crippen LogP contribution in [0.5, 0.6) is 5.75 Å². The Morgan fingerprint density at radius 2 is 1.73 bits per heavy atom. The van der Waals surface area contributed by atoms with Crippen LogP contribution < -0.4 is 4.74 Å². The van der Waals surface area contributed by atoms with Crippen LogP contribution in [0.2, 0.25) is 0 Å². The van der Waals surface area contributed by atoms with Crippen LogP contribution in [-0.4, -0.2) is 48.6 Å². The number of ether oxygens (including phenoxy) is 1. The molecule has 0 N–H and O–H groups in total. The lowest BCUT2D eigenvalue weighted by atomic mass is 9.78. The summed E-state index contributed by atoms with van der Waals surface area (Å²) in [6, 6.07) is 6.18. The van der Waals surface area contributed by atoms with E-state index in [2.05, 4.69) is 35.8 Å². The molecule has 0 bridgehead atoms. The first kappa shape index (κ1) is 18.3. The number of aryl methyl sites for hydroxylation is 2. The number of piperazine rings is 1. The maximum absolute atomic E-state index is 5.52. The summed E-state index contributed by atoms with van der Waals surface area (Å²) < 4.78 is 5.52. The molecule has 2 saturated heterocycles. The number of fused-ring (bicyclic) bond motifs is 1. The highest BCUT2D eigenvalue weighted by Crippen LogP contribution is 2.38. The largest absolute Gasteiger partial charge is 0.496 e. The molecule has 26 heavy (non-hydrogen) atoms. The van der Waals surface area contributed by atoms with Crippen molar-refractivity contribution in [1.82, 2.24) is 9.80 Å². The average Bonchev–Trinajstić information content (AvgIpc) is 3.13. The van der Waals surface area contributed by atoms with Crippen molar-refractivity contribution in [2.75, 3.05) is 26.7 Å². The molecule has 3 nitrogen and oxygen atoms in total. The number of methoxy groups -OCH3 is 1. The van der Waals surface area contributed by atoms with Crippen molar-refractivity contribution in [2.45, 2.75) is 77.4 Å². The van der Waals surface area contributed by atoms with Gasteiger partial charge in [-0.25, -0.2) is 0 Å². The molecular formula is C23H36N2O. The lowest BCUT2D eigenvalue weighted by Crippen LogP contribution is -2.59. The Hall–Kier alpha value is -1.06. The summed E-state index contributed by atoms with van der Waals surface area (Å²) in [5.41, 5.74) is 4.14. The molecule has 0 aromatic heterocycles. The predicted octanol–water partition coefficient (Wildman–Crippen LogP) is 4.54. The van der Waals surface area contributed by atoms with Crippen LogP contribution in [0.25, 0.3) is 0 Å². The molecule has 2 atom stereocenters. The van der Waals surface area contributed by atoms with Crippen LogP contribution in [0.1, 0.15) is 61.6 Å². The Labute approximate surface area is 159 Å². The molecule has 0 radical (unpaired) electrons. The van der Waals surface area contributed by atoms with Crippen molar-refractivity contribution in [2.24, 2.45) is 5.92 Å². The Bertz CT molecular complexity index is 623. The van der Waals surface area contributed by atoms with E-state index >= 15 is 0 Å². The van der Waals surface area contributed by atoms with Gasteiger partial charge in [-0.2, -0.15) is 0 Å². The van der Waals surface area contributed by atoms with E-state index in [4.69, 9.17) is 4.74 Å². The number of rotatable bonds is 4. The van der Waals surface area contributed by atoms with Gasteiger partial charge < -0.3 is 4.74 Å². The summed E-state index contributed by atoms with van der Waals surface area (Å²) in [6.07, 6.45) is 10.1. The van der Waals surface area contributed by atoms with E-state index in [-0.39, 0.29) is 0 Å². The third-order valence-electron chi connectivity index (χ3n) is 7.26. The lowest BCUT2D eigenvalue weighted by molar-refractivity contribution is -0.00390. The third kappa shape index (κ3) is 3.53. The second kappa shape index (κ2) is 7.90.